The molecular weight excluding hydrogens is 318 g/mol. The van der Waals surface area contributed by atoms with Crippen molar-refractivity contribution in [1.29, 1.82) is 0 Å². The first kappa shape index (κ1) is 15.3. The van der Waals surface area contributed by atoms with Crippen molar-refractivity contribution in [2.75, 3.05) is 6.54 Å². The molecule has 0 radical (unpaired) electrons. The number of rotatable bonds is 3. The van der Waals surface area contributed by atoms with Crippen LogP contribution in [0.15, 0.2) is 53.5 Å². The summed E-state index contributed by atoms with van der Waals surface area (Å²) in [5, 5.41) is 7.70. The molecule has 25 heavy (non-hydrogen) atoms. The van der Waals surface area contributed by atoms with Crippen LogP contribution in [-0.4, -0.2) is 26.8 Å². The van der Waals surface area contributed by atoms with E-state index in [1.54, 1.807) is 21.5 Å². The highest BCUT2D eigenvalue weighted by molar-refractivity contribution is 5.92. The number of nitrogens with zero attached hydrogens (tertiary/aromatic N) is 3. The zero-order chi connectivity index (χ0) is 17.4. The van der Waals surface area contributed by atoms with Gasteiger partial charge in [-0.2, -0.15) is 5.10 Å². The Bertz CT molecular complexity index is 1000. The quantitative estimate of drug-likeness (QED) is 0.739. The van der Waals surface area contributed by atoms with E-state index in [2.05, 4.69) is 10.4 Å². The number of hydrogen-bond donors (Lipinski definition) is 2. The number of primary amides is 1. The fraction of sp³-hybridized carbons (Fsp3) is 0.167. The third kappa shape index (κ3) is 2.64. The molecule has 1 aliphatic heterocycles. The summed E-state index contributed by atoms with van der Waals surface area (Å²) in [5.41, 5.74) is 9.16. The van der Waals surface area contributed by atoms with Gasteiger partial charge in [0, 0.05) is 30.1 Å². The highest BCUT2D eigenvalue weighted by Gasteiger charge is 2.24. The SMILES string of the molecule is NC(=O)c1nn(-c2ccc(-n3ccccc3=O)cc2)c2c1CCNC2. The van der Waals surface area contributed by atoms with Crippen molar-refractivity contribution in [1.82, 2.24) is 19.7 Å². The van der Waals surface area contributed by atoms with Crippen molar-refractivity contribution in [2.45, 2.75) is 13.0 Å². The highest BCUT2D eigenvalue weighted by Crippen LogP contribution is 2.22. The van der Waals surface area contributed by atoms with E-state index in [4.69, 9.17) is 5.73 Å². The predicted molar refractivity (Wildman–Crippen MR) is 93.1 cm³/mol. The fourth-order valence-corrected chi connectivity index (χ4v) is 3.16. The molecule has 0 unspecified atom stereocenters. The van der Waals surface area contributed by atoms with E-state index < -0.39 is 5.91 Å². The highest BCUT2D eigenvalue weighted by atomic mass is 16.1. The third-order valence-electron chi connectivity index (χ3n) is 4.36. The lowest BCUT2D eigenvalue weighted by Gasteiger charge is -2.15. The first-order chi connectivity index (χ1) is 12.1. The monoisotopic (exact) mass is 335 g/mol. The molecule has 1 aliphatic rings. The third-order valence-corrected chi connectivity index (χ3v) is 4.36. The van der Waals surface area contributed by atoms with Gasteiger partial charge in [0.15, 0.2) is 5.69 Å². The van der Waals surface area contributed by atoms with Crippen LogP contribution in [0.2, 0.25) is 0 Å². The molecule has 0 atom stereocenters. The van der Waals surface area contributed by atoms with Crippen molar-refractivity contribution in [2.24, 2.45) is 5.73 Å². The lowest BCUT2D eigenvalue weighted by atomic mass is 10.1. The van der Waals surface area contributed by atoms with Crippen LogP contribution in [0.4, 0.5) is 0 Å². The zero-order valence-electron chi connectivity index (χ0n) is 13.5. The van der Waals surface area contributed by atoms with Crippen molar-refractivity contribution in [3.63, 3.8) is 0 Å². The molecule has 0 saturated heterocycles. The summed E-state index contributed by atoms with van der Waals surface area (Å²) in [7, 11) is 0. The Morgan fingerprint density at radius 3 is 2.60 bits per heavy atom. The second-order valence-corrected chi connectivity index (χ2v) is 5.90. The molecule has 126 valence electrons. The van der Waals surface area contributed by atoms with Crippen LogP contribution in [-0.2, 0) is 13.0 Å². The molecule has 0 bridgehead atoms. The van der Waals surface area contributed by atoms with Crippen molar-refractivity contribution in [3.05, 3.63) is 76.0 Å². The van der Waals surface area contributed by atoms with Gasteiger partial charge in [-0.25, -0.2) is 4.68 Å². The first-order valence-electron chi connectivity index (χ1n) is 8.05. The summed E-state index contributed by atoms with van der Waals surface area (Å²) in [6.07, 6.45) is 2.45. The van der Waals surface area contributed by atoms with Gasteiger partial charge < -0.3 is 11.1 Å². The van der Waals surface area contributed by atoms with Gasteiger partial charge in [0.1, 0.15) is 0 Å². The average Bonchev–Trinajstić information content (AvgIpc) is 3.02. The Morgan fingerprint density at radius 1 is 1.12 bits per heavy atom. The minimum Gasteiger partial charge on any atom is -0.364 e. The number of nitrogens with one attached hydrogen (secondary N) is 1. The number of carbonyl (C=O) groups excluding carboxylic acids is 1. The molecule has 0 saturated carbocycles. The molecule has 2 aromatic heterocycles. The Kier molecular flexibility index (Phi) is 3.70. The number of benzene rings is 1. The van der Waals surface area contributed by atoms with Gasteiger partial charge in [-0.3, -0.25) is 14.2 Å². The molecule has 3 N–H and O–H groups in total. The summed E-state index contributed by atoms with van der Waals surface area (Å²) in [5.74, 6) is -0.510. The van der Waals surface area contributed by atoms with Crippen LogP contribution < -0.4 is 16.6 Å². The Labute approximate surface area is 143 Å². The second-order valence-electron chi connectivity index (χ2n) is 5.90. The molecule has 0 spiro atoms. The summed E-state index contributed by atoms with van der Waals surface area (Å²) >= 11 is 0. The number of nitrogens with two attached hydrogens (primary N) is 1. The topological polar surface area (TPSA) is 94.9 Å². The summed E-state index contributed by atoms with van der Waals surface area (Å²) in [6.45, 7) is 1.43. The molecular formula is C18H17N5O2. The smallest absolute Gasteiger partial charge is 0.269 e. The molecule has 4 rings (SSSR count). The summed E-state index contributed by atoms with van der Waals surface area (Å²) in [6, 6.07) is 12.5. The first-order valence-corrected chi connectivity index (χ1v) is 8.05. The van der Waals surface area contributed by atoms with Crippen LogP contribution in [0.25, 0.3) is 11.4 Å². The average molecular weight is 335 g/mol. The zero-order valence-corrected chi connectivity index (χ0v) is 13.5. The lowest BCUT2D eigenvalue weighted by molar-refractivity contribution is 0.0994. The molecule has 7 nitrogen and oxygen atoms in total. The van der Waals surface area contributed by atoms with Gasteiger partial charge in [0.05, 0.1) is 11.4 Å². The fourth-order valence-electron chi connectivity index (χ4n) is 3.16. The Morgan fingerprint density at radius 2 is 1.88 bits per heavy atom. The second kappa shape index (κ2) is 6.03. The number of fused-ring (bicyclic) bond motifs is 1. The standard InChI is InChI=1S/C18H17N5O2/c19-18(25)17-14-8-9-20-11-15(14)23(21-17)13-6-4-12(5-7-13)22-10-2-1-3-16(22)24/h1-7,10,20H,8-9,11H2,(H2,19,25). The maximum absolute atomic E-state index is 11.9. The van der Waals surface area contributed by atoms with Crippen molar-refractivity contribution >= 4 is 5.91 Å². The molecule has 3 heterocycles. The Hall–Kier alpha value is -3.19. The maximum Gasteiger partial charge on any atom is 0.269 e. The van der Waals surface area contributed by atoms with Crippen molar-refractivity contribution in [3.8, 4) is 11.4 Å². The molecule has 3 aromatic rings. The predicted octanol–water partition coefficient (Wildman–Crippen LogP) is 0.768. The van der Waals surface area contributed by atoms with Gasteiger partial charge in [-0.1, -0.05) is 6.07 Å². The molecule has 1 aromatic carbocycles. The van der Waals surface area contributed by atoms with Gasteiger partial charge in [-0.15, -0.1) is 0 Å². The van der Waals surface area contributed by atoms with E-state index in [1.165, 1.54) is 6.07 Å². The number of aromatic nitrogens is 3. The van der Waals surface area contributed by atoms with E-state index in [-0.39, 0.29) is 5.56 Å². The van der Waals surface area contributed by atoms with Gasteiger partial charge in [-0.05, 0) is 43.3 Å². The number of amides is 1. The van der Waals surface area contributed by atoms with Crippen LogP contribution >= 0.6 is 0 Å². The molecule has 7 heteroatoms. The van der Waals surface area contributed by atoms with Gasteiger partial charge >= 0.3 is 0 Å². The van der Waals surface area contributed by atoms with Crippen molar-refractivity contribution < 1.29 is 4.79 Å². The summed E-state index contributed by atoms with van der Waals surface area (Å²) in [4.78, 5) is 23.6. The lowest BCUT2D eigenvalue weighted by Crippen LogP contribution is -2.26. The van der Waals surface area contributed by atoms with Gasteiger partial charge in [0.25, 0.3) is 11.5 Å². The maximum atomic E-state index is 11.9. The summed E-state index contributed by atoms with van der Waals surface area (Å²) < 4.78 is 3.32. The van der Waals surface area contributed by atoms with E-state index in [9.17, 15) is 9.59 Å². The number of hydrogen-bond acceptors (Lipinski definition) is 4. The normalized spacial score (nSPS) is 13.4. The molecule has 0 fully saturated rings. The minimum absolute atomic E-state index is 0.0908. The minimum atomic E-state index is -0.510. The molecule has 1 amide bonds. The van der Waals surface area contributed by atoms with E-state index in [1.807, 2.05) is 30.3 Å². The Balaban J connectivity index is 1.77. The number of carbonyl (C=O) groups is 1. The van der Waals surface area contributed by atoms with E-state index >= 15 is 0 Å². The number of pyridine rings is 1. The van der Waals surface area contributed by atoms with Gasteiger partial charge in [0.2, 0.25) is 0 Å². The van der Waals surface area contributed by atoms with Crippen LogP contribution in [0, 0.1) is 0 Å². The molecule has 0 aliphatic carbocycles. The van der Waals surface area contributed by atoms with E-state index in [0.717, 1.165) is 35.6 Å². The van der Waals surface area contributed by atoms with Crippen LogP contribution in [0.3, 0.4) is 0 Å². The van der Waals surface area contributed by atoms with Crippen LogP contribution in [0.1, 0.15) is 21.7 Å². The largest absolute Gasteiger partial charge is 0.364 e. The van der Waals surface area contributed by atoms with E-state index in [0.29, 0.717) is 12.2 Å². The van der Waals surface area contributed by atoms with Crippen LogP contribution in [0.5, 0.6) is 0 Å².